The van der Waals surface area contributed by atoms with Crippen LogP contribution in [0.25, 0.3) is 0 Å². The number of esters is 1. The summed E-state index contributed by atoms with van der Waals surface area (Å²) in [6.07, 6.45) is 0.313. The van der Waals surface area contributed by atoms with Gasteiger partial charge in [-0.05, 0) is 5.56 Å². The molecule has 92 valence electrons. The lowest BCUT2D eigenvalue weighted by Crippen LogP contribution is -2.23. The van der Waals surface area contributed by atoms with Gasteiger partial charge in [-0.3, -0.25) is 9.59 Å². The lowest BCUT2D eigenvalue weighted by atomic mass is 9.96. The molecule has 1 rings (SSSR count). The Morgan fingerprint density at radius 1 is 1.29 bits per heavy atom. The summed E-state index contributed by atoms with van der Waals surface area (Å²) in [6, 6.07) is 9.57. The average Bonchev–Trinajstić information content (AvgIpc) is 2.35. The number of rotatable bonds is 5. The minimum atomic E-state index is -0.331. The molecule has 1 atom stereocenters. The van der Waals surface area contributed by atoms with E-state index in [0.717, 1.165) is 5.56 Å². The molecule has 4 heteroatoms. The van der Waals surface area contributed by atoms with Crippen LogP contribution in [0.1, 0.15) is 24.8 Å². The third-order valence-electron chi connectivity index (χ3n) is 2.47. The lowest BCUT2D eigenvalue weighted by molar-refractivity contribution is -0.142. The summed E-state index contributed by atoms with van der Waals surface area (Å²) in [4.78, 5) is 22.2. The van der Waals surface area contributed by atoms with E-state index in [9.17, 15) is 9.59 Å². The molecule has 0 bridgehead atoms. The number of hydrogen-bond acceptors (Lipinski definition) is 3. The molecule has 0 saturated carbocycles. The molecule has 1 aromatic rings. The van der Waals surface area contributed by atoms with Crippen LogP contribution in [-0.2, 0) is 14.3 Å². The van der Waals surface area contributed by atoms with E-state index in [1.54, 1.807) is 7.05 Å². The zero-order valence-corrected chi connectivity index (χ0v) is 10.1. The first-order valence-corrected chi connectivity index (χ1v) is 5.52. The zero-order valence-electron chi connectivity index (χ0n) is 10.1. The highest BCUT2D eigenvalue weighted by molar-refractivity contribution is 5.76. The standard InChI is InChI=1S/C13H17NO3/c1-10(15)17-9-12(8-13(16)14-2)11-6-4-3-5-7-11/h3-7,12H,8-9H2,1-2H3,(H,14,16)/t12-/m1/s1. The number of carbonyl (C=O) groups excluding carboxylic acids is 2. The highest BCUT2D eigenvalue weighted by Gasteiger charge is 2.16. The van der Waals surface area contributed by atoms with Gasteiger partial charge in [0, 0.05) is 26.3 Å². The van der Waals surface area contributed by atoms with E-state index in [0.29, 0.717) is 6.42 Å². The Morgan fingerprint density at radius 2 is 1.94 bits per heavy atom. The average molecular weight is 235 g/mol. The van der Waals surface area contributed by atoms with Gasteiger partial charge in [0.15, 0.2) is 0 Å². The summed E-state index contributed by atoms with van der Waals surface area (Å²) in [5, 5.41) is 2.57. The fourth-order valence-electron chi connectivity index (χ4n) is 1.54. The van der Waals surface area contributed by atoms with Gasteiger partial charge >= 0.3 is 5.97 Å². The lowest BCUT2D eigenvalue weighted by Gasteiger charge is -2.16. The third kappa shape index (κ3) is 4.68. The molecule has 0 radical (unpaired) electrons. The summed E-state index contributed by atoms with van der Waals surface area (Å²) >= 11 is 0. The summed E-state index contributed by atoms with van der Waals surface area (Å²) < 4.78 is 4.98. The van der Waals surface area contributed by atoms with Gasteiger partial charge in [-0.15, -0.1) is 0 Å². The second kappa shape index (κ2) is 6.68. The highest BCUT2D eigenvalue weighted by Crippen LogP contribution is 2.19. The van der Waals surface area contributed by atoms with Crippen molar-refractivity contribution in [1.29, 1.82) is 0 Å². The van der Waals surface area contributed by atoms with Gasteiger partial charge in [0.05, 0.1) is 6.61 Å². The van der Waals surface area contributed by atoms with Crippen LogP contribution in [-0.4, -0.2) is 25.5 Å². The molecule has 0 aliphatic carbocycles. The van der Waals surface area contributed by atoms with E-state index < -0.39 is 0 Å². The maximum atomic E-state index is 11.4. The first-order valence-electron chi connectivity index (χ1n) is 5.52. The quantitative estimate of drug-likeness (QED) is 0.786. The van der Waals surface area contributed by atoms with Crippen molar-refractivity contribution in [3.63, 3.8) is 0 Å². The van der Waals surface area contributed by atoms with Crippen LogP contribution in [0.3, 0.4) is 0 Å². The number of benzene rings is 1. The first-order chi connectivity index (χ1) is 8.13. The molecule has 0 spiro atoms. The monoisotopic (exact) mass is 235 g/mol. The van der Waals surface area contributed by atoms with Gasteiger partial charge in [0.1, 0.15) is 0 Å². The van der Waals surface area contributed by atoms with E-state index in [-0.39, 0.29) is 24.4 Å². The Labute approximate surface area is 101 Å². The first kappa shape index (κ1) is 13.2. The Bertz CT molecular complexity index is 376. The molecule has 0 aliphatic heterocycles. The van der Waals surface area contributed by atoms with Crippen LogP contribution in [0.15, 0.2) is 30.3 Å². The summed E-state index contributed by atoms with van der Waals surface area (Å²) in [7, 11) is 1.59. The Hall–Kier alpha value is -1.84. The van der Waals surface area contributed by atoms with Gasteiger partial charge in [0.25, 0.3) is 0 Å². The van der Waals surface area contributed by atoms with Crippen LogP contribution < -0.4 is 5.32 Å². The van der Waals surface area contributed by atoms with Gasteiger partial charge in [0.2, 0.25) is 5.91 Å². The third-order valence-corrected chi connectivity index (χ3v) is 2.47. The topological polar surface area (TPSA) is 55.4 Å². The maximum absolute atomic E-state index is 11.4. The minimum Gasteiger partial charge on any atom is -0.465 e. The van der Waals surface area contributed by atoms with E-state index in [1.165, 1.54) is 6.92 Å². The molecule has 0 saturated heterocycles. The van der Waals surface area contributed by atoms with Gasteiger partial charge in [-0.25, -0.2) is 0 Å². The molecule has 0 unspecified atom stereocenters. The van der Waals surface area contributed by atoms with Crippen LogP contribution in [0.4, 0.5) is 0 Å². The molecule has 0 aliphatic rings. The smallest absolute Gasteiger partial charge is 0.302 e. The summed E-state index contributed by atoms with van der Waals surface area (Å²) in [5.41, 5.74) is 0.998. The molecule has 0 aromatic heterocycles. The van der Waals surface area contributed by atoms with Gasteiger partial charge < -0.3 is 10.1 Å². The van der Waals surface area contributed by atoms with Crippen molar-refractivity contribution >= 4 is 11.9 Å². The van der Waals surface area contributed by atoms with Crippen LogP contribution in [0.5, 0.6) is 0 Å². The van der Waals surface area contributed by atoms with Crippen molar-refractivity contribution in [2.45, 2.75) is 19.3 Å². The molecule has 0 heterocycles. The minimum absolute atomic E-state index is 0.0639. The Kier molecular flexibility index (Phi) is 5.20. The molecule has 1 N–H and O–H groups in total. The van der Waals surface area contributed by atoms with Gasteiger partial charge in [-0.2, -0.15) is 0 Å². The Balaban J connectivity index is 2.71. The molecule has 1 aromatic carbocycles. The predicted molar refractivity (Wildman–Crippen MR) is 64.5 cm³/mol. The van der Waals surface area contributed by atoms with E-state index in [1.807, 2.05) is 30.3 Å². The summed E-state index contributed by atoms with van der Waals surface area (Å²) in [6.45, 7) is 1.59. The molecule has 4 nitrogen and oxygen atoms in total. The van der Waals surface area contributed by atoms with Crippen LogP contribution in [0, 0.1) is 0 Å². The molecular formula is C13H17NO3. The van der Waals surface area contributed by atoms with Crippen LogP contribution >= 0.6 is 0 Å². The van der Waals surface area contributed by atoms with Crippen molar-refractivity contribution in [1.82, 2.24) is 5.32 Å². The second-order valence-electron chi connectivity index (χ2n) is 3.79. The molecule has 0 fully saturated rings. The van der Waals surface area contributed by atoms with E-state index in [2.05, 4.69) is 5.32 Å². The normalized spacial score (nSPS) is 11.6. The molecule has 17 heavy (non-hydrogen) atoms. The number of amides is 1. The highest BCUT2D eigenvalue weighted by atomic mass is 16.5. The van der Waals surface area contributed by atoms with E-state index in [4.69, 9.17) is 4.74 Å². The maximum Gasteiger partial charge on any atom is 0.302 e. The largest absolute Gasteiger partial charge is 0.465 e. The van der Waals surface area contributed by atoms with Crippen LogP contribution in [0.2, 0.25) is 0 Å². The van der Waals surface area contributed by atoms with Crippen molar-refractivity contribution in [2.75, 3.05) is 13.7 Å². The number of carbonyl (C=O) groups is 2. The Morgan fingerprint density at radius 3 is 2.47 bits per heavy atom. The van der Waals surface area contributed by atoms with E-state index >= 15 is 0 Å². The van der Waals surface area contributed by atoms with Crippen molar-refractivity contribution in [3.05, 3.63) is 35.9 Å². The fraction of sp³-hybridized carbons (Fsp3) is 0.385. The fourth-order valence-corrected chi connectivity index (χ4v) is 1.54. The molecular weight excluding hydrogens is 218 g/mol. The SMILES string of the molecule is CNC(=O)C[C@H](COC(C)=O)c1ccccc1. The number of ether oxygens (including phenoxy) is 1. The van der Waals surface area contributed by atoms with Gasteiger partial charge in [-0.1, -0.05) is 30.3 Å². The summed E-state index contributed by atoms with van der Waals surface area (Å²) in [5.74, 6) is -0.492. The predicted octanol–water partition coefficient (Wildman–Crippen LogP) is 1.47. The molecule has 1 amide bonds. The van der Waals surface area contributed by atoms with Crippen molar-refractivity contribution in [3.8, 4) is 0 Å². The zero-order chi connectivity index (χ0) is 12.7. The van der Waals surface area contributed by atoms with Crippen molar-refractivity contribution < 1.29 is 14.3 Å². The second-order valence-corrected chi connectivity index (χ2v) is 3.79. The number of hydrogen-bond donors (Lipinski definition) is 1. The number of nitrogens with one attached hydrogen (secondary N) is 1. The van der Waals surface area contributed by atoms with Crippen molar-refractivity contribution in [2.24, 2.45) is 0 Å².